The molecule has 0 radical (unpaired) electrons. The highest BCUT2D eigenvalue weighted by Gasteiger charge is 2.39. The molecule has 1 aromatic carbocycles. The van der Waals surface area contributed by atoms with E-state index in [9.17, 15) is 23.1 Å². The fourth-order valence-electron chi connectivity index (χ4n) is 4.07. The van der Waals surface area contributed by atoms with Crippen molar-refractivity contribution in [3.05, 3.63) is 33.6 Å². The van der Waals surface area contributed by atoms with Gasteiger partial charge in [-0.15, -0.1) is 0 Å². The monoisotopic (exact) mass is 366 g/mol. The number of anilines is 1. The number of nitrogens with zero attached hydrogens (tertiary/aromatic N) is 2. The van der Waals surface area contributed by atoms with E-state index in [1.807, 2.05) is 0 Å². The first-order chi connectivity index (χ1) is 12.3. The molecule has 26 heavy (non-hydrogen) atoms. The molecule has 2 aliphatic rings. The van der Waals surface area contributed by atoms with Crippen LogP contribution in [0.4, 0.5) is 18.9 Å². The zero-order valence-corrected chi connectivity index (χ0v) is 14.8. The van der Waals surface area contributed by atoms with Crippen molar-refractivity contribution in [3.63, 3.8) is 0 Å². The molecule has 2 heterocycles. The summed E-state index contributed by atoms with van der Waals surface area (Å²) in [7, 11) is 0. The van der Waals surface area contributed by atoms with Crippen molar-refractivity contribution in [3.8, 4) is 5.75 Å². The minimum absolute atomic E-state index is 0.0117. The number of fused-ring (bicyclic) bond motifs is 1. The minimum Gasteiger partial charge on any atom is -0.507 e. The number of benzene rings is 1. The summed E-state index contributed by atoms with van der Waals surface area (Å²) in [6.45, 7) is 3.59. The second kappa shape index (κ2) is 5.66. The lowest BCUT2D eigenvalue weighted by Crippen LogP contribution is -2.30. The van der Waals surface area contributed by atoms with Gasteiger partial charge < -0.3 is 14.6 Å². The molecule has 1 unspecified atom stereocenters. The average molecular weight is 366 g/mol. The molecule has 0 bridgehead atoms. The Labute approximate surface area is 148 Å². The van der Waals surface area contributed by atoms with Crippen LogP contribution in [0.3, 0.4) is 0 Å². The molecule has 0 amide bonds. The number of halogens is 3. The highest BCUT2D eigenvalue weighted by molar-refractivity contribution is 5.92. The minimum atomic E-state index is -1.43. The third-order valence-corrected chi connectivity index (χ3v) is 5.73. The van der Waals surface area contributed by atoms with E-state index < -0.39 is 28.6 Å². The van der Waals surface area contributed by atoms with Gasteiger partial charge in [-0.05, 0) is 26.2 Å². The van der Waals surface area contributed by atoms with Crippen LogP contribution in [0.1, 0.15) is 44.2 Å². The Morgan fingerprint density at radius 1 is 1.31 bits per heavy atom. The van der Waals surface area contributed by atoms with Crippen LogP contribution in [-0.2, 0) is 0 Å². The van der Waals surface area contributed by atoms with Gasteiger partial charge in [0.05, 0.1) is 23.1 Å². The highest BCUT2D eigenvalue weighted by Crippen LogP contribution is 2.44. The third-order valence-electron chi connectivity index (χ3n) is 5.73. The predicted molar refractivity (Wildman–Crippen MR) is 93.8 cm³/mol. The van der Waals surface area contributed by atoms with E-state index in [2.05, 4.69) is 0 Å². The lowest BCUT2D eigenvalue weighted by Gasteiger charge is -2.25. The number of rotatable bonds is 3. The molecule has 140 valence electrons. The van der Waals surface area contributed by atoms with Gasteiger partial charge in [0.2, 0.25) is 0 Å². The quantitative estimate of drug-likeness (QED) is 0.894. The summed E-state index contributed by atoms with van der Waals surface area (Å²) in [6, 6.07) is 0.860. The molecular formula is C19H21F3N2O2. The van der Waals surface area contributed by atoms with Crippen LogP contribution >= 0.6 is 0 Å². The zero-order chi connectivity index (χ0) is 18.8. The van der Waals surface area contributed by atoms with E-state index in [1.165, 1.54) is 9.47 Å². The first-order valence-electron chi connectivity index (χ1n) is 8.97. The summed E-state index contributed by atoms with van der Waals surface area (Å²) in [5.74, 6) is -2.87. The zero-order valence-electron chi connectivity index (χ0n) is 14.8. The van der Waals surface area contributed by atoms with E-state index in [1.54, 1.807) is 13.8 Å². The summed E-state index contributed by atoms with van der Waals surface area (Å²) in [6.07, 6.45) is 2.10. The van der Waals surface area contributed by atoms with Gasteiger partial charge in [-0.25, -0.2) is 13.2 Å². The molecule has 4 rings (SSSR count). The molecule has 1 aromatic heterocycles. The van der Waals surface area contributed by atoms with Crippen molar-refractivity contribution in [2.45, 2.75) is 51.2 Å². The number of pyridine rings is 1. The molecule has 4 nitrogen and oxygen atoms in total. The Morgan fingerprint density at radius 2 is 2.00 bits per heavy atom. The fraction of sp³-hybridized carbons (Fsp3) is 0.526. The number of hydrogen-bond acceptors (Lipinski definition) is 3. The van der Waals surface area contributed by atoms with E-state index >= 15 is 0 Å². The van der Waals surface area contributed by atoms with Gasteiger partial charge in [0.15, 0.2) is 11.6 Å². The SMILES string of the molecule is CCC1(F)CCN(c2c(F)c(F)c3c(O)cc(=O)n(C4CC4)c3c2C)C1. The van der Waals surface area contributed by atoms with E-state index in [4.69, 9.17) is 0 Å². The van der Waals surface area contributed by atoms with E-state index in [0.717, 1.165) is 18.9 Å². The van der Waals surface area contributed by atoms with Crippen molar-refractivity contribution in [2.75, 3.05) is 18.0 Å². The molecule has 7 heteroatoms. The second-order valence-electron chi connectivity index (χ2n) is 7.47. The average Bonchev–Trinajstić information content (AvgIpc) is 3.35. The van der Waals surface area contributed by atoms with Crippen LogP contribution in [0.2, 0.25) is 0 Å². The van der Waals surface area contributed by atoms with Crippen LogP contribution < -0.4 is 10.5 Å². The molecule has 1 saturated heterocycles. The standard InChI is InChI=1S/C19H21F3N2O2/c1-3-19(22)6-7-23(9-19)18-10(2)17-14(15(20)16(18)21)12(25)8-13(26)24(17)11-4-5-11/h8,11,25H,3-7,9H2,1-2H3. The topological polar surface area (TPSA) is 45.5 Å². The smallest absolute Gasteiger partial charge is 0.255 e. The first-order valence-corrected chi connectivity index (χ1v) is 8.97. The Hall–Kier alpha value is -2.18. The highest BCUT2D eigenvalue weighted by atomic mass is 19.2. The first kappa shape index (κ1) is 17.2. The predicted octanol–water partition coefficient (Wildman–Crippen LogP) is 3.96. The maximum Gasteiger partial charge on any atom is 0.255 e. The van der Waals surface area contributed by atoms with Gasteiger partial charge in [-0.1, -0.05) is 6.92 Å². The fourth-order valence-corrected chi connectivity index (χ4v) is 4.07. The number of alkyl halides is 1. The Bertz CT molecular complexity index is 968. The van der Waals surface area contributed by atoms with Gasteiger partial charge in [-0.2, -0.15) is 0 Å². The van der Waals surface area contributed by atoms with Crippen LogP contribution in [0.15, 0.2) is 10.9 Å². The Balaban J connectivity index is 2.01. The van der Waals surface area contributed by atoms with Crippen LogP contribution in [0, 0.1) is 18.6 Å². The number of aromatic hydroxyl groups is 1. The van der Waals surface area contributed by atoms with Crippen molar-refractivity contribution >= 4 is 16.6 Å². The lowest BCUT2D eigenvalue weighted by molar-refractivity contribution is 0.186. The lowest BCUT2D eigenvalue weighted by atomic mass is 10.0. The summed E-state index contributed by atoms with van der Waals surface area (Å²) in [4.78, 5) is 13.9. The molecule has 2 fully saturated rings. The number of aromatic nitrogens is 1. The molecular weight excluding hydrogens is 345 g/mol. The van der Waals surface area contributed by atoms with Crippen molar-refractivity contribution in [2.24, 2.45) is 0 Å². The summed E-state index contributed by atoms with van der Waals surface area (Å²) in [5, 5.41) is 9.81. The normalized spacial score (nSPS) is 23.2. The molecule has 1 atom stereocenters. The van der Waals surface area contributed by atoms with Gasteiger partial charge in [-0.3, -0.25) is 4.79 Å². The Kier molecular flexibility index (Phi) is 3.75. The van der Waals surface area contributed by atoms with Gasteiger partial charge >= 0.3 is 0 Å². The maximum atomic E-state index is 14.9. The van der Waals surface area contributed by atoms with E-state index in [0.29, 0.717) is 12.0 Å². The molecule has 0 spiro atoms. The van der Waals surface area contributed by atoms with Crippen LogP contribution in [0.25, 0.3) is 10.9 Å². The summed E-state index contributed by atoms with van der Waals surface area (Å²) >= 11 is 0. The van der Waals surface area contributed by atoms with E-state index in [-0.39, 0.29) is 42.1 Å². The van der Waals surface area contributed by atoms with Crippen LogP contribution in [0.5, 0.6) is 5.75 Å². The molecule has 2 aromatic rings. The van der Waals surface area contributed by atoms with Crippen molar-refractivity contribution < 1.29 is 18.3 Å². The van der Waals surface area contributed by atoms with Gasteiger partial charge in [0, 0.05) is 30.6 Å². The molecule has 1 aliphatic carbocycles. The van der Waals surface area contributed by atoms with Gasteiger partial charge in [0.25, 0.3) is 5.56 Å². The summed E-state index contributed by atoms with van der Waals surface area (Å²) in [5.41, 5.74) is -1.31. The molecule has 1 N–H and O–H groups in total. The number of aryl methyl sites for hydroxylation is 1. The largest absolute Gasteiger partial charge is 0.507 e. The molecule has 1 aliphatic heterocycles. The van der Waals surface area contributed by atoms with Crippen molar-refractivity contribution in [1.29, 1.82) is 0 Å². The summed E-state index contributed by atoms with van der Waals surface area (Å²) < 4.78 is 45.8. The number of hydrogen-bond donors (Lipinski definition) is 1. The Morgan fingerprint density at radius 3 is 2.58 bits per heavy atom. The van der Waals surface area contributed by atoms with Gasteiger partial charge in [0.1, 0.15) is 11.4 Å². The molecule has 1 saturated carbocycles. The second-order valence-corrected chi connectivity index (χ2v) is 7.47. The van der Waals surface area contributed by atoms with Crippen LogP contribution in [-0.4, -0.2) is 28.4 Å². The van der Waals surface area contributed by atoms with Crippen molar-refractivity contribution in [1.82, 2.24) is 4.57 Å². The maximum absolute atomic E-state index is 14.9. The third kappa shape index (κ3) is 2.40.